The highest BCUT2D eigenvalue weighted by atomic mass is 79.9. The summed E-state index contributed by atoms with van der Waals surface area (Å²) in [5.41, 5.74) is 1.42. The van der Waals surface area contributed by atoms with E-state index in [9.17, 15) is 0 Å². The monoisotopic (exact) mass is 316 g/mol. The number of rotatable bonds is 5. The Hall–Kier alpha value is 0.100. The van der Waals surface area contributed by atoms with Crippen molar-refractivity contribution < 1.29 is 0 Å². The molecular weight excluding hydrogens is 296 g/mol. The van der Waals surface area contributed by atoms with E-state index >= 15 is 0 Å². The zero-order chi connectivity index (χ0) is 12.1. The number of nitrogens with one attached hydrogen (secondary N) is 1. The zero-order valence-corrected chi connectivity index (χ0v) is 12.8. The van der Waals surface area contributed by atoms with Gasteiger partial charge in [0.2, 0.25) is 0 Å². The van der Waals surface area contributed by atoms with Gasteiger partial charge in [-0.25, -0.2) is 0 Å². The highest BCUT2D eigenvalue weighted by Gasteiger charge is 2.13. The van der Waals surface area contributed by atoms with E-state index in [1.54, 1.807) is 11.3 Å². The van der Waals surface area contributed by atoms with Gasteiger partial charge in [0, 0.05) is 12.6 Å². The molecule has 1 fully saturated rings. The lowest BCUT2D eigenvalue weighted by molar-refractivity contribution is 0.282. The van der Waals surface area contributed by atoms with Crippen molar-refractivity contribution in [3.8, 4) is 0 Å². The SMILES string of the molecule is CN(CCC1CCCCN1)Cc1csc(Br)c1. The van der Waals surface area contributed by atoms with Gasteiger partial charge in [-0.05, 0) is 72.3 Å². The second-order valence-corrected chi connectivity index (χ2v) is 7.22. The molecule has 1 aliphatic rings. The molecule has 1 aromatic heterocycles. The molecule has 17 heavy (non-hydrogen) atoms. The summed E-state index contributed by atoms with van der Waals surface area (Å²) in [6, 6.07) is 2.97. The lowest BCUT2D eigenvalue weighted by atomic mass is 10.0. The maximum Gasteiger partial charge on any atom is 0.0701 e. The van der Waals surface area contributed by atoms with Crippen LogP contribution in [0.2, 0.25) is 0 Å². The zero-order valence-electron chi connectivity index (χ0n) is 10.4. The quantitative estimate of drug-likeness (QED) is 0.894. The summed E-state index contributed by atoms with van der Waals surface area (Å²) >= 11 is 5.28. The average Bonchev–Trinajstić information content (AvgIpc) is 2.73. The summed E-state index contributed by atoms with van der Waals surface area (Å²) in [4.78, 5) is 2.42. The minimum Gasteiger partial charge on any atom is -0.314 e. The third-order valence-corrected chi connectivity index (χ3v) is 4.90. The second kappa shape index (κ2) is 6.88. The smallest absolute Gasteiger partial charge is 0.0701 e. The summed E-state index contributed by atoms with van der Waals surface area (Å²) in [6.07, 6.45) is 5.40. The summed E-state index contributed by atoms with van der Waals surface area (Å²) in [5, 5.41) is 5.85. The van der Waals surface area contributed by atoms with Gasteiger partial charge >= 0.3 is 0 Å². The molecule has 1 aliphatic heterocycles. The second-order valence-electron chi connectivity index (χ2n) is 4.93. The number of halogens is 1. The van der Waals surface area contributed by atoms with Crippen molar-refractivity contribution in [3.05, 3.63) is 20.8 Å². The van der Waals surface area contributed by atoms with Crippen molar-refractivity contribution in [3.63, 3.8) is 0 Å². The molecule has 4 heteroatoms. The Morgan fingerprint density at radius 3 is 3.06 bits per heavy atom. The van der Waals surface area contributed by atoms with Crippen LogP contribution in [0.25, 0.3) is 0 Å². The maximum absolute atomic E-state index is 3.61. The van der Waals surface area contributed by atoms with Gasteiger partial charge in [-0.1, -0.05) is 6.42 Å². The van der Waals surface area contributed by atoms with Gasteiger partial charge in [-0.2, -0.15) is 0 Å². The molecule has 2 heterocycles. The molecule has 2 nitrogen and oxygen atoms in total. The summed E-state index contributed by atoms with van der Waals surface area (Å²) in [5.74, 6) is 0. The molecule has 2 rings (SSSR count). The Morgan fingerprint density at radius 2 is 2.41 bits per heavy atom. The van der Waals surface area contributed by atoms with Crippen LogP contribution in [0.3, 0.4) is 0 Å². The van der Waals surface area contributed by atoms with Crippen LogP contribution < -0.4 is 5.32 Å². The van der Waals surface area contributed by atoms with Crippen LogP contribution in [0.15, 0.2) is 15.2 Å². The van der Waals surface area contributed by atoms with Crippen molar-refractivity contribution in [2.24, 2.45) is 0 Å². The third-order valence-electron chi connectivity index (χ3n) is 3.35. The average molecular weight is 317 g/mol. The summed E-state index contributed by atoms with van der Waals surface area (Å²) in [6.45, 7) is 3.46. The third kappa shape index (κ3) is 4.70. The van der Waals surface area contributed by atoms with E-state index in [1.807, 2.05) is 0 Å². The van der Waals surface area contributed by atoms with Crippen LogP contribution in [-0.4, -0.2) is 31.1 Å². The Balaban J connectivity index is 1.68. The van der Waals surface area contributed by atoms with Crippen molar-refractivity contribution in [1.82, 2.24) is 10.2 Å². The van der Waals surface area contributed by atoms with Gasteiger partial charge in [0.25, 0.3) is 0 Å². The standard InChI is InChI=1S/C13H21BrN2S/c1-16(9-11-8-13(14)17-10-11)7-5-12-4-2-3-6-15-12/h8,10,12,15H,2-7,9H2,1H3. The number of hydrogen-bond acceptors (Lipinski definition) is 3. The van der Waals surface area contributed by atoms with Crippen molar-refractivity contribution >= 4 is 27.3 Å². The van der Waals surface area contributed by atoms with Gasteiger partial charge in [-0.3, -0.25) is 0 Å². The fraction of sp³-hybridized carbons (Fsp3) is 0.692. The number of piperidine rings is 1. The van der Waals surface area contributed by atoms with E-state index in [0.29, 0.717) is 0 Å². The minimum absolute atomic E-state index is 0.750. The van der Waals surface area contributed by atoms with E-state index in [0.717, 1.165) is 12.6 Å². The van der Waals surface area contributed by atoms with Gasteiger partial charge in [-0.15, -0.1) is 11.3 Å². The Labute approximate surface area is 117 Å². The van der Waals surface area contributed by atoms with E-state index in [2.05, 4.69) is 44.6 Å². The van der Waals surface area contributed by atoms with E-state index in [-0.39, 0.29) is 0 Å². The van der Waals surface area contributed by atoms with Crippen LogP contribution in [0.5, 0.6) is 0 Å². The first kappa shape index (κ1) is 13.5. The number of hydrogen-bond donors (Lipinski definition) is 1. The van der Waals surface area contributed by atoms with E-state index < -0.39 is 0 Å². The molecule has 96 valence electrons. The first-order valence-corrected chi connectivity index (χ1v) is 8.06. The van der Waals surface area contributed by atoms with Crippen LogP contribution in [0.4, 0.5) is 0 Å². The predicted molar refractivity (Wildman–Crippen MR) is 78.6 cm³/mol. The molecule has 1 aromatic rings. The fourth-order valence-corrected chi connectivity index (χ4v) is 3.57. The molecule has 0 saturated carbocycles. The van der Waals surface area contributed by atoms with Crippen LogP contribution in [0, 0.1) is 0 Å². The lowest BCUT2D eigenvalue weighted by Crippen LogP contribution is -2.36. The van der Waals surface area contributed by atoms with Crippen molar-refractivity contribution in [2.75, 3.05) is 20.1 Å². The van der Waals surface area contributed by atoms with Crippen molar-refractivity contribution in [2.45, 2.75) is 38.3 Å². The minimum atomic E-state index is 0.750. The molecule has 1 unspecified atom stereocenters. The molecule has 0 radical (unpaired) electrons. The molecule has 1 N–H and O–H groups in total. The van der Waals surface area contributed by atoms with Gasteiger partial charge in [0.05, 0.1) is 3.79 Å². The Morgan fingerprint density at radius 1 is 1.53 bits per heavy atom. The molecule has 0 aromatic carbocycles. The molecule has 0 amide bonds. The number of nitrogens with zero attached hydrogens (tertiary/aromatic N) is 1. The molecular formula is C13H21BrN2S. The molecule has 1 atom stereocenters. The van der Waals surface area contributed by atoms with E-state index in [4.69, 9.17) is 0 Å². The van der Waals surface area contributed by atoms with Crippen LogP contribution in [0.1, 0.15) is 31.2 Å². The van der Waals surface area contributed by atoms with Gasteiger partial charge < -0.3 is 10.2 Å². The lowest BCUT2D eigenvalue weighted by Gasteiger charge is -2.25. The maximum atomic E-state index is 3.61. The molecule has 0 aliphatic carbocycles. The molecule has 1 saturated heterocycles. The Kier molecular flexibility index (Phi) is 5.48. The Bertz CT molecular complexity index is 334. The topological polar surface area (TPSA) is 15.3 Å². The first-order valence-electron chi connectivity index (χ1n) is 6.39. The highest BCUT2D eigenvalue weighted by Crippen LogP contribution is 2.21. The fourth-order valence-electron chi connectivity index (χ4n) is 2.37. The molecule has 0 bridgehead atoms. The van der Waals surface area contributed by atoms with Crippen LogP contribution >= 0.6 is 27.3 Å². The summed E-state index contributed by atoms with van der Waals surface area (Å²) in [7, 11) is 2.22. The normalized spacial score (nSPS) is 21.0. The molecule has 0 spiro atoms. The predicted octanol–water partition coefficient (Wildman–Crippen LogP) is 3.47. The highest BCUT2D eigenvalue weighted by molar-refractivity contribution is 9.11. The van der Waals surface area contributed by atoms with Crippen molar-refractivity contribution in [1.29, 1.82) is 0 Å². The first-order chi connectivity index (χ1) is 8.24. The van der Waals surface area contributed by atoms with Crippen LogP contribution in [-0.2, 0) is 6.54 Å². The van der Waals surface area contributed by atoms with Gasteiger partial charge in [0.15, 0.2) is 0 Å². The van der Waals surface area contributed by atoms with Gasteiger partial charge in [0.1, 0.15) is 0 Å². The largest absolute Gasteiger partial charge is 0.314 e. The van der Waals surface area contributed by atoms with E-state index in [1.165, 1.54) is 48.1 Å². The summed E-state index contributed by atoms with van der Waals surface area (Å²) < 4.78 is 1.23. The number of thiophene rings is 1.